The molecule has 4 unspecified atom stereocenters. The Kier molecular flexibility index (Phi) is 14.7. The number of phenols is 1. The molecule has 0 bridgehead atoms. The van der Waals surface area contributed by atoms with Crippen LogP contribution in [0.3, 0.4) is 0 Å². The zero-order valence-corrected chi connectivity index (χ0v) is 22.1. The molecule has 1 aromatic carbocycles. The van der Waals surface area contributed by atoms with Crippen LogP contribution in [0, 0.1) is 0 Å². The Bertz CT molecular complexity index is 1030. The molecule has 13 N–H and O–H groups in total. The fourth-order valence-electron chi connectivity index (χ4n) is 3.63. The number of carbonyl (C=O) groups excluding carboxylic acids is 5. The first-order chi connectivity index (χ1) is 18.8. The molecule has 4 atom stereocenters. The number of rotatable bonds is 19. The molecule has 15 nitrogen and oxygen atoms in total. The van der Waals surface area contributed by atoms with Gasteiger partial charge in [-0.05, 0) is 56.3 Å². The number of benzene rings is 1. The maximum absolute atomic E-state index is 13.3. The van der Waals surface area contributed by atoms with Gasteiger partial charge in [-0.15, -0.1) is 0 Å². The van der Waals surface area contributed by atoms with E-state index in [1.54, 1.807) is 0 Å². The summed E-state index contributed by atoms with van der Waals surface area (Å²) < 4.78 is 0. The van der Waals surface area contributed by atoms with Crippen molar-refractivity contribution in [2.45, 2.75) is 75.5 Å². The summed E-state index contributed by atoms with van der Waals surface area (Å²) in [4.78, 5) is 73.1. The zero-order chi connectivity index (χ0) is 30.2. The van der Waals surface area contributed by atoms with Gasteiger partial charge in [0, 0.05) is 19.3 Å². The summed E-state index contributed by atoms with van der Waals surface area (Å²) in [6.07, 6.45) is 0.230. The third kappa shape index (κ3) is 13.0. The molecule has 0 aliphatic carbocycles. The van der Waals surface area contributed by atoms with Crippen molar-refractivity contribution in [1.82, 2.24) is 16.0 Å². The molecule has 222 valence electrons. The standard InChI is InChI=1S/C25H39N7O8/c26-12-2-1-3-18(25(39)40)31-23(37)17(9-11-21(29)35)30-24(38)19(13-14-4-6-15(33)7-5-14)32-22(36)16(27)8-10-20(28)34/h4-7,16-19,33H,1-3,8-13,26-27H2,(H2,28,34)(H2,29,35)(H,30,38)(H,31,37)(H,32,36)(H,39,40). The lowest BCUT2D eigenvalue weighted by Gasteiger charge is -2.25. The van der Waals surface area contributed by atoms with Crippen molar-refractivity contribution in [3.63, 3.8) is 0 Å². The van der Waals surface area contributed by atoms with E-state index in [1.807, 2.05) is 0 Å². The van der Waals surface area contributed by atoms with E-state index in [0.717, 1.165) is 0 Å². The predicted molar refractivity (Wildman–Crippen MR) is 143 cm³/mol. The van der Waals surface area contributed by atoms with Gasteiger partial charge in [0.1, 0.15) is 23.9 Å². The van der Waals surface area contributed by atoms with Gasteiger partial charge in [0.15, 0.2) is 0 Å². The molecule has 0 saturated heterocycles. The number of phenolic OH excluding ortho intramolecular Hbond substituents is 1. The van der Waals surface area contributed by atoms with Crippen LogP contribution in [0.1, 0.15) is 50.5 Å². The quantitative estimate of drug-likeness (QED) is 0.0792. The van der Waals surface area contributed by atoms with E-state index in [9.17, 15) is 39.0 Å². The van der Waals surface area contributed by atoms with Crippen LogP contribution in [-0.2, 0) is 35.2 Å². The lowest BCUT2D eigenvalue weighted by atomic mass is 10.0. The number of unbranched alkanes of at least 4 members (excludes halogenated alkanes) is 1. The molecule has 0 aromatic heterocycles. The van der Waals surface area contributed by atoms with Gasteiger partial charge in [-0.25, -0.2) is 4.79 Å². The van der Waals surface area contributed by atoms with Crippen molar-refractivity contribution in [3.8, 4) is 5.75 Å². The summed E-state index contributed by atoms with van der Waals surface area (Å²) in [7, 11) is 0. The summed E-state index contributed by atoms with van der Waals surface area (Å²) >= 11 is 0. The second kappa shape index (κ2) is 17.4. The number of aromatic hydroxyl groups is 1. The van der Waals surface area contributed by atoms with Gasteiger partial charge in [-0.1, -0.05) is 12.1 Å². The van der Waals surface area contributed by atoms with Crippen LogP contribution < -0.4 is 38.9 Å². The number of primary amides is 2. The van der Waals surface area contributed by atoms with Crippen molar-refractivity contribution >= 4 is 35.5 Å². The van der Waals surface area contributed by atoms with E-state index in [4.69, 9.17) is 22.9 Å². The topological polar surface area (TPSA) is 283 Å². The fourth-order valence-corrected chi connectivity index (χ4v) is 3.63. The van der Waals surface area contributed by atoms with E-state index < -0.39 is 59.7 Å². The SMILES string of the molecule is NCCCCC(NC(=O)C(CCC(N)=O)NC(=O)C(Cc1ccc(O)cc1)NC(=O)C(N)CCC(N)=O)C(=O)O. The van der Waals surface area contributed by atoms with Crippen molar-refractivity contribution in [3.05, 3.63) is 29.8 Å². The maximum atomic E-state index is 13.3. The van der Waals surface area contributed by atoms with Gasteiger partial charge in [0.25, 0.3) is 0 Å². The third-order valence-electron chi connectivity index (χ3n) is 5.92. The smallest absolute Gasteiger partial charge is 0.326 e. The molecule has 0 spiro atoms. The Morgan fingerprint density at radius 1 is 0.725 bits per heavy atom. The third-order valence-corrected chi connectivity index (χ3v) is 5.92. The molecular weight excluding hydrogens is 526 g/mol. The van der Waals surface area contributed by atoms with Crippen LogP contribution in [0.4, 0.5) is 0 Å². The Morgan fingerprint density at radius 2 is 1.25 bits per heavy atom. The number of hydrogen-bond acceptors (Lipinski definition) is 9. The van der Waals surface area contributed by atoms with Crippen LogP contribution in [0.25, 0.3) is 0 Å². The molecule has 0 fully saturated rings. The van der Waals surface area contributed by atoms with Crippen molar-refractivity contribution in [2.24, 2.45) is 22.9 Å². The highest BCUT2D eigenvalue weighted by molar-refractivity contribution is 5.94. The highest BCUT2D eigenvalue weighted by Crippen LogP contribution is 2.12. The number of aliphatic carboxylic acids is 1. The monoisotopic (exact) mass is 565 g/mol. The number of carboxylic acids is 1. The number of nitrogens with two attached hydrogens (primary N) is 4. The maximum Gasteiger partial charge on any atom is 0.326 e. The molecule has 1 rings (SSSR count). The highest BCUT2D eigenvalue weighted by atomic mass is 16.4. The Labute approximate surface area is 231 Å². The summed E-state index contributed by atoms with van der Waals surface area (Å²) in [6, 6.07) is 0.730. The lowest BCUT2D eigenvalue weighted by molar-refractivity contribution is -0.142. The van der Waals surface area contributed by atoms with Crippen LogP contribution in [0.15, 0.2) is 24.3 Å². The van der Waals surface area contributed by atoms with E-state index in [2.05, 4.69) is 16.0 Å². The molecular formula is C25H39N7O8. The molecule has 0 aliphatic heterocycles. The number of amides is 5. The lowest BCUT2D eigenvalue weighted by Crippen LogP contribution is -2.57. The number of nitrogens with one attached hydrogen (secondary N) is 3. The summed E-state index contributed by atoms with van der Waals surface area (Å²) in [5.41, 5.74) is 22.1. The van der Waals surface area contributed by atoms with Crippen LogP contribution in [-0.4, -0.2) is 76.4 Å². The average molecular weight is 566 g/mol. The van der Waals surface area contributed by atoms with Crippen molar-refractivity contribution in [2.75, 3.05) is 6.54 Å². The number of carbonyl (C=O) groups is 6. The van der Waals surface area contributed by atoms with Crippen LogP contribution in [0.5, 0.6) is 5.75 Å². The molecule has 1 aromatic rings. The Hall–Kier alpha value is -4.24. The van der Waals surface area contributed by atoms with Crippen molar-refractivity contribution in [1.29, 1.82) is 0 Å². The van der Waals surface area contributed by atoms with Gasteiger partial charge in [0.2, 0.25) is 29.5 Å². The van der Waals surface area contributed by atoms with Crippen LogP contribution >= 0.6 is 0 Å². The summed E-state index contributed by atoms with van der Waals surface area (Å²) in [6.45, 7) is 0.345. The first kappa shape index (κ1) is 33.8. The minimum Gasteiger partial charge on any atom is -0.508 e. The van der Waals surface area contributed by atoms with Crippen LogP contribution in [0.2, 0.25) is 0 Å². The second-order valence-corrected chi connectivity index (χ2v) is 9.29. The van der Waals surface area contributed by atoms with E-state index in [0.29, 0.717) is 24.9 Å². The fraction of sp³-hybridized carbons (Fsp3) is 0.520. The zero-order valence-electron chi connectivity index (χ0n) is 22.1. The number of carboxylic acid groups (broad SMARTS) is 1. The largest absolute Gasteiger partial charge is 0.508 e. The Balaban J connectivity index is 3.13. The normalized spacial score (nSPS) is 13.8. The van der Waals surface area contributed by atoms with Gasteiger partial charge in [-0.3, -0.25) is 24.0 Å². The Morgan fingerprint density at radius 3 is 1.80 bits per heavy atom. The van der Waals surface area contributed by atoms with Gasteiger partial charge >= 0.3 is 5.97 Å². The molecule has 0 aliphatic rings. The summed E-state index contributed by atoms with van der Waals surface area (Å²) in [5, 5.41) is 26.3. The molecule has 0 heterocycles. The van der Waals surface area contributed by atoms with Gasteiger partial charge in [0.05, 0.1) is 6.04 Å². The second-order valence-electron chi connectivity index (χ2n) is 9.29. The van der Waals surface area contributed by atoms with Gasteiger partial charge < -0.3 is 49.1 Å². The average Bonchev–Trinajstić information content (AvgIpc) is 2.89. The van der Waals surface area contributed by atoms with E-state index >= 15 is 0 Å². The molecule has 0 saturated carbocycles. The predicted octanol–water partition coefficient (Wildman–Crippen LogP) is -2.54. The van der Waals surface area contributed by atoms with Gasteiger partial charge in [-0.2, -0.15) is 0 Å². The minimum absolute atomic E-state index is 0.0232. The molecule has 40 heavy (non-hydrogen) atoms. The molecule has 15 heteroatoms. The summed E-state index contributed by atoms with van der Waals surface area (Å²) in [5.74, 6) is -5.17. The first-order valence-corrected chi connectivity index (χ1v) is 12.8. The van der Waals surface area contributed by atoms with E-state index in [-0.39, 0.29) is 44.3 Å². The minimum atomic E-state index is -1.36. The molecule has 0 radical (unpaired) electrons. The highest BCUT2D eigenvalue weighted by Gasteiger charge is 2.30. The molecule has 5 amide bonds. The number of hydrogen-bond donors (Lipinski definition) is 9. The first-order valence-electron chi connectivity index (χ1n) is 12.8. The van der Waals surface area contributed by atoms with E-state index in [1.165, 1.54) is 24.3 Å². The van der Waals surface area contributed by atoms with Crippen molar-refractivity contribution < 1.29 is 39.0 Å².